The Labute approximate surface area is 177 Å². The molecule has 0 atom stereocenters. The third-order valence-electron chi connectivity index (χ3n) is 5.50. The monoisotopic (exact) mass is 407 g/mol. The first-order valence-electron chi connectivity index (χ1n) is 10.4. The van der Waals surface area contributed by atoms with E-state index in [1.54, 1.807) is 0 Å². The van der Waals surface area contributed by atoms with Crippen LogP contribution < -0.4 is 10.2 Å². The van der Waals surface area contributed by atoms with Gasteiger partial charge in [-0.15, -0.1) is 0 Å². The normalized spacial score (nSPS) is 14.7. The van der Waals surface area contributed by atoms with Crippen LogP contribution >= 0.6 is 0 Å². The van der Waals surface area contributed by atoms with Gasteiger partial charge in [0, 0.05) is 73.7 Å². The number of benzene rings is 1. The number of hydrogen-bond donors (Lipinski definition) is 2. The average Bonchev–Trinajstić information content (AvgIpc) is 3.20. The molecule has 3 heterocycles. The van der Waals surface area contributed by atoms with Gasteiger partial charge in [-0.2, -0.15) is 0 Å². The fraction of sp³-hybridized carbons (Fsp3) is 0.391. The number of nitrogens with one attached hydrogen (secondary N) is 2. The molecule has 7 heteroatoms. The van der Waals surface area contributed by atoms with Crippen molar-refractivity contribution < 1.29 is 9.53 Å². The van der Waals surface area contributed by atoms with Gasteiger partial charge in [0.15, 0.2) is 0 Å². The van der Waals surface area contributed by atoms with Crippen LogP contribution in [0.2, 0.25) is 0 Å². The second-order valence-electron chi connectivity index (χ2n) is 7.83. The van der Waals surface area contributed by atoms with Crippen LogP contribution in [-0.2, 0) is 4.74 Å². The number of morpholine rings is 1. The van der Waals surface area contributed by atoms with Crippen LogP contribution in [0.15, 0.2) is 42.7 Å². The maximum Gasteiger partial charge on any atom is 0.251 e. The first-order valence-corrected chi connectivity index (χ1v) is 10.4. The summed E-state index contributed by atoms with van der Waals surface area (Å²) in [6, 6.07) is 9.88. The van der Waals surface area contributed by atoms with Gasteiger partial charge < -0.3 is 19.9 Å². The standard InChI is InChI=1S/C23H29N5O2/c1-27(2)22-7-5-18(15-26-22)20-16-25-21-14-17(4-6-19(20)21)23(29)24-8-3-9-28-10-12-30-13-11-28/h4-7,14-16,25H,3,8-13H2,1-2H3,(H,24,29). The van der Waals surface area contributed by atoms with E-state index in [-0.39, 0.29) is 5.91 Å². The molecule has 30 heavy (non-hydrogen) atoms. The second kappa shape index (κ2) is 9.28. The Balaban J connectivity index is 1.38. The van der Waals surface area contributed by atoms with Gasteiger partial charge in [-0.1, -0.05) is 6.07 Å². The number of H-pyrrole nitrogens is 1. The molecule has 2 N–H and O–H groups in total. The highest BCUT2D eigenvalue weighted by atomic mass is 16.5. The number of nitrogens with zero attached hydrogens (tertiary/aromatic N) is 3. The van der Waals surface area contributed by atoms with E-state index in [9.17, 15) is 4.79 Å². The summed E-state index contributed by atoms with van der Waals surface area (Å²) in [5.41, 5.74) is 3.75. The lowest BCUT2D eigenvalue weighted by molar-refractivity contribution is 0.0374. The Morgan fingerprint density at radius 2 is 2.07 bits per heavy atom. The molecule has 158 valence electrons. The number of aromatic amines is 1. The zero-order valence-electron chi connectivity index (χ0n) is 17.6. The van der Waals surface area contributed by atoms with Crippen molar-refractivity contribution in [2.45, 2.75) is 6.42 Å². The molecule has 1 aromatic carbocycles. The molecule has 1 aliphatic rings. The molecule has 0 spiro atoms. The number of pyridine rings is 1. The van der Waals surface area contributed by atoms with E-state index >= 15 is 0 Å². The number of anilines is 1. The van der Waals surface area contributed by atoms with Crippen LogP contribution in [0.1, 0.15) is 16.8 Å². The molecule has 1 saturated heterocycles. The predicted molar refractivity (Wildman–Crippen MR) is 120 cm³/mol. The van der Waals surface area contributed by atoms with E-state index in [2.05, 4.69) is 26.3 Å². The SMILES string of the molecule is CN(C)c1ccc(-c2c[nH]c3cc(C(=O)NCCCN4CCOCC4)ccc23)cn1. The van der Waals surface area contributed by atoms with E-state index < -0.39 is 0 Å². The summed E-state index contributed by atoms with van der Waals surface area (Å²) in [6.45, 7) is 5.23. The van der Waals surface area contributed by atoms with Crippen molar-refractivity contribution in [3.8, 4) is 11.1 Å². The number of ether oxygens (including phenoxy) is 1. The van der Waals surface area contributed by atoms with Gasteiger partial charge in [-0.3, -0.25) is 9.69 Å². The van der Waals surface area contributed by atoms with E-state index in [0.29, 0.717) is 12.1 Å². The predicted octanol–water partition coefficient (Wildman–Crippen LogP) is 2.75. The number of fused-ring (bicyclic) bond motifs is 1. The van der Waals surface area contributed by atoms with Crippen molar-refractivity contribution >= 4 is 22.6 Å². The van der Waals surface area contributed by atoms with Crippen LogP contribution in [0.25, 0.3) is 22.0 Å². The molecule has 4 rings (SSSR count). The topological polar surface area (TPSA) is 73.5 Å². The third-order valence-corrected chi connectivity index (χ3v) is 5.50. The first-order chi connectivity index (χ1) is 14.6. The van der Waals surface area contributed by atoms with Crippen molar-refractivity contribution in [1.29, 1.82) is 0 Å². The van der Waals surface area contributed by atoms with E-state index in [1.807, 2.05) is 55.7 Å². The van der Waals surface area contributed by atoms with Gasteiger partial charge in [0.2, 0.25) is 0 Å². The molecule has 7 nitrogen and oxygen atoms in total. The van der Waals surface area contributed by atoms with Crippen molar-refractivity contribution in [1.82, 2.24) is 20.2 Å². The maximum absolute atomic E-state index is 12.5. The zero-order chi connectivity index (χ0) is 20.9. The van der Waals surface area contributed by atoms with Crippen LogP contribution in [0.4, 0.5) is 5.82 Å². The molecular weight excluding hydrogens is 378 g/mol. The summed E-state index contributed by atoms with van der Waals surface area (Å²) in [6.07, 6.45) is 4.80. The van der Waals surface area contributed by atoms with Gasteiger partial charge in [0.1, 0.15) is 5.82 Å². The Morgan fingerprint density at radius 3 is 2.80 bits per heavy atom. The number of hydrogen-bond acceptors (Lipinski definition) is 5. The molecule has 2 aromatic heterocycles. The molecule has 1 fully saturated rings. The van der Waals surface area contributed by atoms with Crippen LogP contribution in [0.5, 0.6) is 0 Å². The molecule has 0 saturated carbocycles. The molecule has 1 aliphatic heterocycles. The van der Waals surface area contributed by atoms with Gasteiger partial charge >= 0.3 is 0 Å². The van der Waals surface area contributed by atoms with Crippen molar-refractivity contribution in [3.63, 3.8) is 0 Å². The first kappa shape index (κ1) is 20.4. The van der Waals surface area contributed by atoms with Crippen molar-refractivity contribution in [2.24, 2.45) is 0 Å². The van der Waals surface area contributed by atoms with Gasteiger partial charge in [-0.25, -0.2) is 4.98 Å². The second-order valence-corrected chi connectivity index (χ2v) is 7.83. The fourth-order valence-electron chi connectivity index (χ4n) is 3.75. The third kappa shape index (κ3) is 4.63. The average molecular weight is 408 g/mol. The molecule has 0 bridgehead atoms. The zero-order valence-corrected chi connectivity index (χ0v) is 17.6. The lowest BCUT2D eigenvalue weighted by Gasteiger charge is -2.26. The Morgan fingerprint density at radius 1 is 1.23 bits per heavy atom. The summed E-state index contributed by atoms with van der Waals surface area (Å²) >= 11 is 0. The number of carbonyl (C=O) groups is 1. The molecule has 0 unspecified atom stereocenters. The van der Waals surface area contributed by atoms with Crippen LogP contribution in [0.3, 0.4) is 0 Å². The van der Waals surface area contributed by atoms with Crippen molar-refractivity contribution in [2.75, 3.05) is 58.4 Å². The number of amides is 1. The lowest BCUT2D eigenvalue weighted by Crippen LogP contribution is -2.38. The minimum absolute atomic E-state index is 0.0352. The number of aromatic nitrogens is 2. The summed E-state index contributed by atoms with van der Waals surface area (Å²) in [4.78, 5) is 24.7. The van der Waals surface area contributed by atoms with Gasteiger partial charge in [-0.05, 0) is 37.2 Å². The highest BCUT2D eigenvalue weighted by Gasteiger charge is 2.12. The van der Waals surface area contributed by atoms with E-state index in [0.717, 1.165) is 67.1 Å². The van der Waals surface area contributed by atoms with E-state index in [4.69, 9.17) is 4.74 Å². The largest absolute Gasteiger partial charge is 0.379 e. The fourth-order valence-corrected chi connectivity index (χ4v) is 3.75. The Kier molecular flexibility index (Phi) is 6.30. The maximum atomic E-state index is 12.5. The number of rotatable bonds is 7. The molecular formula is C23H29N5O2. The Bertz CT molecular complexity index is 991. The Hall–Kier alpha value is -2.90. The van der Waals surface area contributed by atoms with Crippen LogP contribution in [-0.4, -0.2) is 74.3 Å². The minimum Gasteiger partial charge on any atom is -0.379 e. The number of carbonyl (C=O) groups excluding carboxylic acids is 1. The van der Waals surface area contributed by atoms with E-state index in [1.165, 1.54) is 0 Å². The highest BCUT2D eigenvalue weighted by molar-refractivity contribution is 6.01. The summed E-state index contributed by atoms with van der Waals surface area (Å²) in [5.74, 6) is 0.887. The summed E-state index contributed by atoms with van der Waals surface area (Å²) in [5, 5.41) is 4.11. The quantitative estimate of drug-likeness (QED) is 0.589. The lowest BCUT2D eigenvalue weighted by atomic mass is 10.0. The van der Waals surface area contributed by atoms with Gasteiger partial charge in [0.05, 0.1) is 13.2 Å². The van der Waals surface area contributed by atoms with Gasteiger partial charge in [0.25, 0.3) is 5.91 Å². The minimum atomic E-state index is -0.0352. The molecule has 1 amide bonds. The van der Waals surface area contributed by atoms with Crippen LogP contribution in [0, 0.1) is 0 Å². The summed E-state index contributed by atoms with van der Waals surface area (Å²) < 4.78 is 5.36. The molecule has 0 aliphatic carbocycles. The molecule has 3 aromatic rings. The van der Waals surface area contributed by atoms with Crippen molar-refractivity contribution in [3.05, 3.63) is 48.3 Å². The summed E-state index contributed by atoms with van der Waals surface area (Å²) in [7, 11) is 3.95. The molecule has 0 radical (unpaired) electrons. The highest BCUT2D eigenvalue weighted by Crippen LogP contribution is 2.29. The smallest absolute Gasteiger partial charge is 0.251 e.